The van der Waals surface area contributed by atoms with Gasteiger partial charge in [-0.2, -0.15) is 4.68 Å². The lowest BCUT2D eigenvalue weighted by atomic mass is 10.1. The van der Waals surface area contributed by atoms with E-state index in [2.05, 4.69) is 15.5 Å². The first-order valence-electron chi connectivity index (χ1n) is 7.12. The Morgan fingerprint density at radius 1 is 1.20 bits per heavy atom. The normalized spacial score (nSPS) is 10.7. The minimum absolute atomic E-state index is 0.0322. The second kappa shape index (κ2) is 7.39. The number of carbonyl (C=O) groups is 1. The fourth-order valence-corrected chi connectivity index (χ4v) is 2.92. The van der Waals surface area contributed by atoms with Crippen LogP contribution >= 0.6 is 11.8 Å². The molecule has 0 aliphatic heterocycles. The molecule has 0 unspecified atom stereocenters. The third-order valence-corrected chi connectivity index (χ3v) is 4.21. The Balaban J connectivity index is 1.78. The first-order valence-corrected chi connectivity index (χ1v) is 8.11. The van der Waals surface area contributed by atoms with Crippen molar-refractivity contribution in [2.45, 2.75) is 5.16 Å². The predicted molar refractivity (Wildman–Crippen MR) is 87.1 cm³/mol. The predicted octanol–water partition coefficient (Wildman–Crippen LogP) is 2.92. The van der Waals surface area contributed by atoms with Gasteiger partial charge in [0.2, 0.25) is 5.16 Å². The lowest BCUT2D eigenvalue weighted by Crippen LogP contribution is -2.07. The Hall–Kier alpha value is -2.81. The Kier molecular flexibility index (Phi) is 5.03. The van der Waals surface area contributed by atoms with Gasteiger partial charge in [0, 0.05) is 0 Å². The van der Waals surface area contributed by atoms with Crippen LogP contribution in [0.4, 0.5) is 8.78 Å². The molecule has 25 heavy (non-hydrogen) atoms. The zero-order chi connectivity index (χ0) is 17.8. The molecule has 6 nitrogen and oxygen atoms in total. The van der Waals surface area contributed by atoms with Gasteiger partial charge >= 0.3 is 0 Å². The van der Waals surface area contributed by atoms with E-state index in [0.29, 0.717) is 10.8 Å². The van der Waals surface area contributed by atoms with Crippen LogP contribution in [0.25, 0.3) is 5.69 Å². The molecule has 0 aliphatic carbocycles. The monoisotopic (exact) mass is 362 g/mol. The molecule has 0 radical (unpaired) electrons. The molecule has 9 heteroatoms. The number of tetrazole rings is 1. The number of methoxy groups -OCH3 is 1. The van der Waals surface area contributed by atoms with Crippen LogP contribution in [0.1, 0.15) is 10.4 Å². The van der Waals surface area contributed by atoms with Gasteiger partial charge in [0.1, 0.15) is 17.4 Å². The highest BCUT2D eigenvalue weighted by molar-refractivity contribution is 7.99. The zero-order valence-electron chi connectivity index (χ0n) is 13.0. The summed E-state index contributed by atoms with van der Waals surface area (Å²) in [5.74, 6) is -1.04. The number of halogens is 2. The van der Waals surface area contributed by atoms with Crippen molar-refractivity contribution in [1.29, 1.82) is 0 Å². The molecule has 0 spiro atoms. The molecule has 0 N–H and O–H groups in total. The highest BCUT2D eigenvalue weighted by Gasteiger charge is 2.17. The third kappa shape index (κ3) is 3.82. The highest BCUT2D eigenvalue weighted by atomic mass is 32.2. The number of ketones is 1. The van der Waals surface area contributed by atoms with Gasteiger partial charge in [0.25, 0.3) is 0 Å². The summed E-state index contributed by atoms with van der Waals surface area (Å²) in [6.07, 6.45) is 0. The highest BCUT2D eigenvalue weighted by Crippen LogP contribution is 2.24. The van der Waals surface area contributed by atoms with Crippen molar-refractivity contribution in [2.24, 2.45) is 0 Å². The second-order valence-corrected chi connectivity index (χ2v) is 5.85. The van der Waals surface area contributed by atoms with Gasteiger partial charge < -0.3 is 4.74 Å². The summed E-state index contributed by atoms with van der Waals surface area (Å²) in [5.41, 5.74) is 0.572. The van der Waals surface area contributed by atoms with Gasteiger partial charge in [0.15, 0.2) is 5.78 Å². The van der Waals surface area contributed by atoms with Crippen LogP contribution in [-0.2, 0) is 0 Å². The maximum absolute atomic E-state index is 13.4. The molecule has 0 saturated carbocycles. The summed E-state index contributed by atoms with van der Waals surface area (Å²) in [5, 5.41) is 11.5. The second-order valence-electron chi connectivity index (χ2n) is 4.91. The number of thioether (sulfide) groups is 1. The summed E-state index contributed by atoms with van der Waals surface area (Å²) in [4.78, 5) is 12.4. The van der Waals surface area contributed by atoms with Gasteiger partial charge in [-0.1, -0.05) is 17.8 Å². The van der Waals surface area contributed by atoms with Crippen molar-refractivity contribution in [3.8, 4) is 11.4 Å². The van der Waals surface area contributed by atoms with Crippen LogP contribution in [0.15, 0.2) is 47.6 Å². The molecule has 0 fully saturated rings. The van der Waals surface area contributed by atoms with Crippen LogP contribution in [0.5, 0.6) is 5.75 Å². The van der Waals surface area contributed by atoms with E-state index >= 15 is 0 Å². The SMILES string of the molecule is COc1ccc(F)cc1C(=O)CSc1nnnn1-c1cccc(F)c1. The van der Waals surface area contributed by atoms with Gasteiger partial charge in [-0.3, -0.25) is 4.79 Å². The van der Waals surface area contributed by atoms with Crippen molar-refractivity contribution >= 4 is 17.5 Å². The Bertz CT molecular complexity index is 917. The smallest absolute Gasteiger partial charge is 0.214 e. The summed E-state index contributed by atoms with van der Waals surface area (Å²) < 4.78 is 33.2. The van der Waals surface area contributed by atoms with Gasteiger partial charge in [-0.15, -0.1) is 5.10 Å². The number of hydrogen-bond donors (Lipinski definition) is 0. The van der Waals surface area contributed by atoms with E-state index in [9.17, 15) is 13.6 Å². The third-order valence-electron chi connectivity index (χ3n) is 3.29. The first-order chi connectivity index (χ1) is 12.1. The molecule has 1 heterocycles. The van der Waals surface area contributed by atoms with Crippen LogP contribution < -0.4 is 4.74 Å². The summed E-state index contributed by atoms with van der Waals surface area (Å²) in [6.45, 7) is 0. The number of Topliss-reactive ketones (excluding diaryl/α,β-unsaturated/α-hetero) is 1. The van der Waals surface area contributed by atoms with Crippen molar-refractivity contribution in [3.63, 3.8) is 0 Å². The molecule has 3 aromatic rings. The molecular formula is C16H12F2N4O2S. The standard InChI is InChI=1S/C16H12F2N4O2S/c1-24-15-6-5-11(18)8-13(15)14(23)9-25-16-19-20-21-22(16)12-4-2-3-10(17)7-12/h2-8H,9H2,1H3. The fourth-order valence-electron chi connectivity index (χ4n) is 2.14. The Morgan fingerprint density at radius 3 is 2.76 bits per heavy atom. The minimum Gasteiger partial charge on any atom is -0.496 e. The molecular weight excluding hydrogens is 350 g/mol. The van der Waals surface area contributed by atoms with Gasteiger partial charge in [0.05, 0.1) is 24.1 Å². The number of nitrogens with zero attached hydrogens (tertiary/aromatic N) is 4. The largest absolute Gasteiger partial charge is 0.496 e. The Morgan fingerprint density at radius 2 is 2.00 bits per heavy atom. The topological polar surface area (TPSA) is 69.9 Å². The van der Waals surface area contributed by atoms with Crippen LogP contribution in [0.3, 0.4) is 0 Å². The van der Waals surface area contributed by atoms with Gasteiger partial charge in [-0.05, 0) is 46.8 Å². The molecule has 128 valence electrons. The quantitative estimate of drug-likeness (QED) is 0.496. The van der Waals surface area contributed by atoms with E-state index in [-0.39, 0.29) is 22.8 Å². The van der Waals surface area contributed by atoms with E-state index < -0.39 is 11.6 Å². The summed E-state index contributed by atoms with van der Waals surface area (Å²) >= 11 is 1.06. The number of ether oxygens (including phenoxy) is 1. The maximum atomic E-state index is 13.4. The number of aromatic nitrogens is 4. The molecule has 0 saturated heterocycles. The van der Waals surface area contributed by atoms with Crippen molar-refractivity contribution in [1.82, 2.24) is 20.2 Å². The molecule has 3 rings (SSSR count). The average Bonchev–Trinajstić information content (AvgIpc) is 3.08. The van der Waals surface area contributed by atoms with Gasteiger partial charge in [-0.25, -0.2) is 8.78 Å². The number of rotatable bonds is 6. The number of carbonyl (C=O) groups excluding carboxylic acids is 1. The van der Waals surface area contributed by atoms with Crippen LogP contribution in [0.2, 0.25) is 0 Å². The van der Waals surface area contributed by atoms with Crippen molar-refractivity contribution < 1.29 is 18.3 Å². The minimum atomic E-state index is -0.529. The average molecular weight is 362 g/mol. The lowest BCUT2D eigenvalue weighted by Gasteiger charge is -2.08. The van der Waals surface area contributed by atoms with E-state index in [1.807, 2.05) is 0 Å². The van der Waals surface area contributed by atoms with Crippen LogP contribution in [0, 0.1) is 11.6 Å². The summed E-state index contributed by atoms with van der Waals surface area (Å²) in [7, 11) is 1.40. The zero-order valence-corrected chi connectivity index (χ0v) is 13.8. The van der Waals surface area contributed by atoms with Crippen LogP contribution in [-0.4, -0.2) is 38.9 Å². The molecule has 2 aromatic carbocycles. The Labute approximate surface area is 145 Å². The molecule has 1 aromatic heterocycles. The molecule has 0 aliphatic rings. The van der Waals surface area contributed by atoms with E-state index in [1.165, 1.54) is 42.1 Å². The van der Waals surface area contributed by atoms with Crippen molar-refractivity contribution in [2.75, 3.05) is 12.9 Å². The van der Waals surface area contributed by atoms with Crippen molar-refractivity contribution in [3.05, 3.63) is 59.7 Å². The van der Waals surface area contributed by atoms with E-state index in [0.717, 1.165) is 17.8 Å². The molecule has 0 atom stereocenters. The molecule has 0 amide bonds. The molecule has 0 bridgehead atoms. The lowest BCUT2D eigenvalue weighted by molar-refractivity contribution is 0.101. The maximum Gasteiger partial charge on any atom is 0.214 e. The number of hydrogen-bond acceptors (Lipinski definition) is 6. The number of benzene rings is 2. The van der Waals surface area contributed by atoms with E-state index in [4.69, 9.17) is 4.74 Å². The summed E-state index contributed by atoms with van der Waals surface area (Å²) in [6, 6.07) is 9.48. The fraction of sp³-hybridized carbons (Fsp3) is 0.125. The van der Waals surface area contributed by atoms with E-state index in [1.54, 1.807) is 6.07 Å². The first kappa shape index (κ1) is 17.0.